The van der Waals surface area contributed by atoms with Crippen LogP contribution in [0.15, 0.2) is 53.1 Å². The maximum atomic E-state index is 10.7. The van der Waals surface area contributed by atoms with E-state index < -0.39 is 5.97 Å². The Morgan fingerprint density at radius 2 is 1.95 bits per heavy atom. The van der Waals surface area contributed by atoms with Gasteiger partial charge in [-0.1, -0.05) is 30.3 Å². The largest absolute Gasteiger partial charge is 0.476 e. The Hall–Kier alpha value is -2.82. The molecule has 0 amide bonds. The maximum absolute atomic E-state index is 10.7. The first kappa shape index (κ1) is 11.3. The highest BCUT2D eigenvalue weighted by Gasteiger charge is 2.12. The molecule has 5 nitrogen and oxygen atoms in total. The zero-order valence-corrected chi connectivity index (χ0v) is 9.74. The number of benzene rings is 2. The normalized spacial score (nSPS) is 10.5. The number of aromatic nitrogens is 1. The predicted octanol–water partition coefficient (Wildman–Crippen LogP) is 3.32. The fourth-order valence-electron chi connectivity index (χ4n) is 1.73. The number of oxazole rings is 1. The molecule has 19 heavy (non-hydrogen) atoms. The van der Waals surface area contributed by atoms with Gasteiger partial charge in [-0.3, -0.25) is 0 Å². The second-order valence-corrected chi connectivity index (χ2v) is 3.91. The van der Waals surface area contributed by atoms with Crippen molar-refractivity contribution in [3.05, 3.63) is 54.4 Å². The number of aromatic carboxylic acids is 1. The summed E-state index contributed by atoms with van der Waals surface area (Å²) in [6.45, 7) is 0. The number of nitrogens with zero attached hydrogens (tertiary/aromatic N) is 1. The van der Waals surface area contributed by atoms with Crippen molar-refractivity contribution in [2.24, 2.45) is 0 Å². The number of carbonyl (C=O) groups is 1. The third-order valence-corrected chi connectivity index (χ3v) is 2.63. The van der Waals surface area contributed by atoms with Gasteiger partial charge in [0, 0.05) is 0 Å². The van der Waals surface area contributed by atoms with Crippen LogP contribution in [0, 0.1) is 0 Å². The van der Waals surface area contributed by atoms with Crippen molar-refractivity contribution in [3.63, 3.8) is 0 Å². The lowest BCUT2D eigenvalue weighted by Gasteiger charge is -2.02. The molecule has 0 unspecified atom stereocenters. The number of ether oxygens (including phenoxy) is 1. The Morgan fingerprint density at radius 1 is 1.16 bits per heavy atom. The average molecular weight is 255 g/mol. The molecule has 2 aromatic carbocycles. The van der Waals surface area contributed by atoms with Gasteiger partial charge < -0.3 is 14.3 Å². The predicted molar refractivity (Wildman–Crippen MR) is 67.5 cm³/mol. The molecule has 0 aliphatic heterocycles. The minimum atomic E-state index is -1.16. The van der Waals surface area contributed by atoms with Crippen molar-refractivity contribution in [2.75, 3.05) is 0 Å². The molecule has 0 aliphatic carbocycles. The molecule has 1 N–H and O–H groups in total. The monoisotopic (exact) mass is 255 g/mol. The maximum Gasteiger partial charge on any atom is 0.399 e. The summed E-state index contributed by atoms with van der Waals surface area (Å²) in [5.41, 5.74) is -0.184. The standard InChI is InChI=1S/C14H9NO4/c16-13(17)12-8-18-14(15-12)19-11-6-5-9-3-1-2-4-10(9)7-11/h1-8H,(H,16,17). The van der Waals surface area contributed by atoms with E-state index in [1.165, 1.54) is 0 Å². The third-order valence-electron chi connectivity index (χ3n) is 2.63. The number of hydrogen-bond acceptors (Lipinski definition) is 4. The van der Waals surface area contributed by atoms with Gasteiger partial charge >= 0.3 is 12.0 Å². The minimum Gasteiger partial charge on any atom is -0.476 e. The van der Waals surface area contributed by atoms with Gasteiger partial charge in [-0.2, -0.15) is 4.98 Å². The van der Waals surface area contributed by atoms with E-state index >= 15 is 0 Å². The fraction of sp³-hybridized carbons (Fsp3) is 0. The summed E-state index contributed by atoms with van der Waals surface area (Å²) in [6.07, 6.45) is 0.950. The summed E-state index contributed by atoms with van der Waals surface area (Å²) in [5.74, 6) is -0.616. The van der Waals surface area contributed by atoms with Gasteiger partial charge in [0.05, 0.1) is 0 Å². The van der Waals surface area contributed by atoms with Crippen molar-refractivity contribution in [3.8, 4) is 11.8 Å². The highest BCUT2D eigenvalue weighted by Crippen LogP contribution is 2.25. The van der Waals surface area contributed by atoms with E-state index in [2.05, 4.69) is 4.98 Å². The molecular weight excluding hydrogens is 246 g/mol. The summed E-state index contributed by atoms with van der Waals surface area (Å²) in [5, 5.41) is 10.8. The van der Waals surface area contributed by atoms with Crippen molar-refractivity contribution in [2.45, 2.75) is 0 Å². The molecule has 3 rings (SSSR count). The molecule has 1 aromatic heterocycles. The fourth-order valence-corrected chi connectivity index (χ4v) is 1.73. The third kappa shape index (κ3) is 2.26. The summed E-state index contributed by atoms with van der Waals surface area (Å²) >= 11 is 0. The Morgan fingerprint density at radius 3 is 2.68 bits per heavy atom. The summed E-state index contributed by atoms with van der Waals surface area (Å²) < 4.78 is 10.3. The van der Waals surface area contributed by atoms with Gasteiger partial charge in [-0.05, 0) is 22.9 Å². The molecule has 0 spiro atoms. The molecule has 0 radical (unpaired) electrons. The van der Waals surface area contributed by atoms with Gasteiger partial charge in [-0.15, -0.1) is 0 Å². The smallest absolute Gasteiger partial charge is 0.399 e. The second kappa shape index (κ2) is 4.45. The molecule has 94 valence electrons. The highest BCUT2D eigenvalue weighted by molar-refractivity contribution is 5.85. The quantitative estimate of drug-likeness (QED) is 0.777. The van der Waals surface area contributed by atoms with Gasteiger partial charge in [-0.25, -0.2) is 4.79 Å². The lowest BCUT2D eigenvalue weighted by molar-refractivity contribution is 0.0690. The van der Waals surface area contributed by atoms with E-state index in [4.69, 9.17) is 14.3 Å². The summed E-state index contributed by atoms with van der Waals surface area (Å²) in [7, 11) is 0. The second-order valence-electron chi connectivity index (χ2n) is 3.91. The molecule has 0 aliphatic rings. The van der Waals surface area contributed by atoms with Crippen LogP contribution in [0.4, 0.5) is 0 Å². The van der Waals surface area contributed by atoms with E-state index in [1.54, 1.807) is 6.07 Å². The molecule has 5 heteroatoms. The Kier molecular flexibility index (Phi) is 2.64. The van der Waals surface area contributed by atoms with Crippen LogP contribution in [0.3, 0.4) is 0 Å². The molecule has 0 saturated carbocycles. The van der Waals surface area contributed by atoms with Crippen LogP contribution in [-0.2, 0) is 0 Å². The summed E-state index contributed by atoms with van der Waals surface area (Å²) in [6, 6.07) is 13.3. The molecule has 0 fully saturated rings. The molecule has 0 saturated heterocycles. The van der Waals surface area contributed by atoms with E-state index in [1.807, 2.05) is 36.4 Å². The first-order chi connectivity index (χ1) is 9.22. The van der Waals surface area contributed by atoms with Crippen molar-refractivity contribution >= 4 is 16.7 Å². The zero-order valence-electron chi connectivity index (χ0n) is 9.74. The van der Waals surface area contributed by atoms with Crippen LogP contribution in [0.5, 0.6) is 11.8 Å². The molecular formula is C14H9NO4. The lowest BCUT2D eigenvalue weighted by atomic mass is 10.1. The van der Waals surface area contributed by atoms with E-state index in [0.717, 1.165) is 17.0 Å². The van der Waals surface area contributed by atoms with Crippen LogP contribution >= 0.6 is 0 Å². The Balaban J connectivity index is 1.89. The number of hydrogen-bond donors (Lipinski definition) is 1. The zero-order chi connectivity index (χ0) is 13.2. The van der Waals surface area contributed by atoms with E-state index in [9.17, 15) is 4.79 Å². The van der Waals surface area contributed by atoms with Crippen LogP contribution in [0.1, 0.15) is 10.5 Å². The van der Waals surface area contributed by atoms with Crippen molar-refractivity contribution < 1.29 is 19.1 Å². The average Bonchev–Trinajstić information content (AvgIpc) is 2.87. The Bertz CT molecular complexity index is 748. The van der Waals surface area contributed by atoms with Gasteiger partial charge in [0.2, 0.25) is 0 Å². The number of rotatable bonds is 3. The van der Waals surface area contributed by atoms with E-state index in [0.29, 0.717) is 5.75 Å². The van der Waals surface area contributed by atoms with Gasteiger partial charge in [0.1, 0.15) is 12.0 Å². The molecule has 1 heterocycles. The van der Waals surface area contributed by atoms with Gasteiger partial charge in [0.15, 0.2) is 5.69 Å². The van der Waals surface area contributed by atoms with Crippen LogP contribution in [0.25, 0.3) is 10.8 Å². The topological polar surface area (TPSA) is 72.6 Å². The number of carboxylic acids is 1. The van der Waals surface area contributed by atoms with Crippen molar-refractivity contribution in [1.29, 1.82) is 0 Å². The van der Waals surface area contributed by atoms with Crippen molar-refractivity contribution in [1.82, 2.24) is 4.98 Å². The van der Waals surface area contributed by atoms with Gasteiger partial charge in [0.25, 0.3) is 0 Å². The summed E-state index contributed by atoms with van der Waals surface area (Å²) in [4.78, 5) is 14.4. The highest BCUT2D eigenvalue weighted by atomic mass is 16.6. The molecule has 0 bridgehead atoms. The van der Waals surface area contributed by atoms with Crippen LogP contribution < -0.4 is 4.74 Å². The molecule has 0 atom stereocenters. The minimum absolute atomic E-state index is 0.0901. The Labute approximate surface area is 108 Å². The lowest BCUT2D eigenvalue weighted by Crippen LogP contribution is -1.95. The van der Waals surface area contributed by atoms with Crippen LogP contribution in [-0.4, -0.2) is 16.1 Å². The van der Waals surface area contributed by atoms with E-state index in [-0.39, 0.29) is 11.8 Å². The number of carboxylic acid groups (broad SMARTS) is 1. The first-order valence-corrected chi connectivity index (χ1v) is 5.58. The van der Waals surface area contributed by atoms with Crippen LogP contribution in [0.2, 0.25) is 0 Å². The SMILES string of the molecule is O=C(O)c1coc(Oc2ccc3ccccc3c2)n1. The molecule has 3 aromatic rings. The number of fused-ring (bicyclic) bond motifs is 1. The first-order valence-electron chi connectivity index (χ1n) is 5.58.